The number of fused-ring (bicyclic) bond motifs is 4. The summed E-state index contributed by atoms with van der Waals surface area (Å²) in [6.45, 7) is 4.12. The molecule has 0 bridgehead atoms. The molecular formula is C39H30Cl2F6SiZr. The summed E-state index contributed by atoms with van der Waals surface area (Å²) in [6, 6.07) is 29.0. The number of hydrogen-bond donors (Lipinski definition) is 0. The first-order chi connectivity index (χ1) is 23.2. The molecule has 2 unspecified atom stereocenters. The van der Waals surface area contributed by atoms with E-state index in [1.807, 2.05) is 49.4 Å². The average Bonchev–Trinajstić information content (AvgIpc) is 3.66. The molecular weight excluding hydrogens is 773 g/mol. The van der Waals surface area contributed by atoms with Gasteiger partial charge in [-0.15, -0.1) is 0 Å². The molecule has 0 fully saturated rings. The van der Waals surface area contributed by atoms with Crippen LogP contribution in [-0.4, -0.2) is 9.52 Å². The molecule has 1 aliphatic carbocycles. The third-order valence-electron chi connectivity index (χ3n) is 9.95. The Morgan fingerprint density at radius 1 is 0.714 bits per heavy atom. The second kappa shape index (κ2) is 12.7. The van der Waals surface area contributed by atoms with Gasteiger partial charge in [-0.05, 0) is 0 Å². The first-order valence-corrected chi connectivity index (χ1v) is 26.4. The van der Waals surface area contributed by atoms with Crippen molar-refractivity contribution in [2.45, 2.75) is 36.2 Å². The molecule has 0 saturated heterocycles. The zero-order chi connectivity index (χ0) is 34.9. The van der Waals surface area contributed by atoms with E-state index in [1.54, 1.807) is 30.3 Å². The van der Waals surface area contributed by atoms with Gasteiger partial charge in [0.15, 0.2) is 0 Å². The molecule has 1 heterocycles. The van der Waals surface area contributed by atoms with Gasteiger partial charge < -0.3 is 0 Å². The topological polar surface area (TPSA) is 0 Å². The Hall–Kier alpha value is -2.90. The van der Waals surface area contributed by atoms with Gasteiger partial charge in [0.05, 0.1) is 0 Å². The zero-order valence-electron chi connectivity index (χ0n) is 26.5. The molecule has 1 aliphatic heterocycles. The van der Waals surface area contributed by atoms with E-state index in [0.29, 0.717) is 22.3 Å². The van der Waals surface area contributed by atoms with Crippen LogP contribution in [0.1, 0.15) is 46.1 Å². The molecule has 0 N–H and O–H groups in total. The van der Waals surface area contributed by atoms with Gasteiger partial charge in [0.2, 0.25) is 0 Å². The van der Waals surface area contributed by atoms with Crippen LogP contribution in [0.5, 0.6) is 0 Å². The van der Waals surface area contributed by atoms with Crippen LogP contribution in [0, 0.1) is 5.92 Å². The monoisotopic (exact) mass is 800 g/mol. The predicted octanol–water partition coefficient (Wildman–Crippen LogP) is 10.4. The van der Waals surface area contributed by atoms with Crippen molar-refractivity contribution in [3.05, 3.63) is 131 Å². The fourth-order valence-corrected chi connectivity index (χ4v) is 24.4. The number of allylic oxidation sites excluding steroid dienone is 1. The molecule has 0 spiro atoms. The molecule has 0 amide bonds. The van der Waals surface area contributed by atoms with Gasteiger partial charge in [-0.1, -0.05) is 0 Å². The predicted molar refractivity (Wildman–Crippen MR) is 189 cm³/mol. The van der Waals surface area contributed by atoms with Crippen LogP contribution in [-0.2, 0) is 30.2 Å². The van der Waals surface area contributed by atoms with Crippen molar-refractivity contribution in [2.75, 3.05) is 0 Å². The Kier molecular flexibility index (Phi) is 8.95. The van der Waals surface area contributed by atoms with E-state index in [9.17, 15) is 26.3 Å². The summed E-state index contributed by atoms with van der Waals surface area (Å²) < 4.78 is 85.6. The van der Waals surface area contributed by atoms with Gasteiger partial charge in [-0.2, -0.15) is 0 Å². The number of benzene rings is 5. The molecule has 0 nitrogen and oxygen atoms in total. The molecule has 250 valence electrons. The minimum absolute atomic E-state index is 0.0115. The van der Waals surface area contributed by atoms with Crippen LogP contribution in [0.2, 0.25) is 0 Å². The van der Waals surface area contributed by atoms with Crippen molar-refractivity contribution >= 4 is 46.3 Å². The molecule has 0 aromatic heterocycles. The van der Waals surface area contributed by atoms with Crippen molar-refractivity contribution in [3.63, 3.8) is 0 Å². The van der Waals surface area contributed by atoms with Crippen LogP contribution >= 0.6 is 17.0 Å². The summed E-state index contributed by atoms with van der Waals surface area (Å²) >= 11 is -4.51. The Balaban J connectivity index is 1.50. The third-order valence-corrected chi connectivity index (χ3v) is 24.2. The van der Waals surface area contributed by atoms with Crippen LogP contribution < -0.4 is 13.6 Å². The number of rotatable bonds is 6. The van der Waals surface area contributed by atoms with Crippen LogP contribution in [0.25, 0.3) is 39.5 Å². The molecule has 2 aliphatic rings. The molecule has 0 saturated carbocycles. The first kappa shape index (κ1) is 34.5. The van der Waals surface area contributed by atoms with E-state index in [1.165, 1.54) is 15.9 Å². The average molecular weight is 803 g/mol. The first-order valence-electron chi connectivity index (χ1n) is 16.0. The Morgan fingerprint density at radius 3 is 2.00 bits per heavy atom. The van der Waals surface area contributed by atoms with E-state index < -0.39 is 54.5 Å². The van der Waals surface area contributed by atoms with Gasteiger partial charge in [-0.25, -0.2) is 0 Å². The Morgan fingerprint density at radius 2 is 1.35 bits per heavy atom. The zero-order valence-corrected chi connectivity index (χ0v) is 31.9. The Labute approximate surface area is 295 Å². The van der Waals surface area contributed by atoms with E-state index in [4.69, 9.17) is 17.0 Å². The van der Waals surface area contributed by atoms with Gasteiger partial charge in [0.1, 0.15) is 0 Å². The summed E-state index contributed by atoms with van der Waals surface area (Å²) in [4.78, 5) is 0. The van der Waals surface area contributed by atoms with Crippen molar-refractivity contribution in [1.29, 1.82) is 0 Å². The summed E-state index contributed by atoms with van der Waals surface area (Å²) in [5, 5.41) is 2.56. The van der Waals surface area contributed by atoms with Gasteiger partial charge >= 0.3 is 297 Å². The second-order valence-electron chi connectivity index (χ2n) is 12.8. The van der Waals surface area contributed by atoms with Crippen molar-refractivity contribution in [1.82, 2.24) is 0 Å². The summed E-state index contributed by atoms with van der Waals surface area (Å²) in [6.07, 6.45) is -7.28. The van der Waals surface area contributed by atoms with E-state index in [-0.39, 0.29) is 17.5 Å². The molecule has 10 heteroatoms. The quantitative estimate of drug-likeness (QED) is 0.116. The van der Waals surface area contributed by atoms with Gasteiger partial charge in [0.25, 0.3) is 0 Å². The van der Waals surface area contributed by atoms with Gasteiger partial charge in [-0.3, -0.25) is 0 Å². The standard InChI is InChI=1S/C27H21F6.C12H9Si.2ClH.Zr/c1-3-16(2)19-11-18-9-10-23(17-7-5-4-6-8-17)25(24(18)14-19)20-12-21(26(28,29)30)15-22(13-20)27(31,32)33;1-3-7-11-9(5-1)10-6-2-4-8-12(10)13-11;;;/h4-16H,3H2,1-2H3;1-7H,13H2;2*1H;/q;;;;+2/p-2. The summed E-state index contributed by atoms with van der Waals surface area (Å²) in [5.74, 6) is 0.0115. The molecule has 49 heavy (non-hydrogen) atoms. The number of alkyl halides is 6. The second-order valence-corrected chi connectivity index (χ2v) is 28.7. The fourth-order valence-electron chi connectivity index (χ4n) is 7.43. The van der Waals surface area contributed by atoms with Crippen molar-refractivity contribution in [2.24, 2.45) is 5.92 Å². The van der Waals surface area contributed by atoms with E-state index in [0.717, 1.165) is 38.5 Å². The van der Waals surface area contributed by atoms with Crippen LogP contribution in [0.15, 0.2) is 109 Å². The molecule has 0 radical (unpaired) electrons. The summed E-state index contributed by atoms with van der Waals surface area (Å²) in [5.41, 5.74) is 3.28. The molecule has 5 aromatic carbocycles. The fraction of sp³-hybridized carbons (Fsp3) is 0.179. The molecule has 2 atom stereocenters. The number of halogens is 8. The maximum absolute atomic E-state index is 14.2. The van der Waals surface area contributed by atoms with E-state index in [2.05, 4.69) is 25.1 Å². The van der Waals surface area contributed by atoms with Crippen LogP contribution in [0.3, 0.4) is 0 Å². The molecule has 5 aromatic rings. The minimum atomic E-state index is -4.99. The normalized spacial score (nSPS) is 16.7. The molecule has 7 rings (SSSR count). The van der Waals surface area contributed by atoms with E-state index >= 15 is 0 Å². The number of hydrogen-bond acceptors (Lipinski definition) is 0. The summed E-state index contributed by atoms with van der Waals surface area (Å²) in [7, 11) is 14.7. The van der Waals surface area contributed by atoms with Crippen molar-refractivity contribution < 1.29 is 44.2 Å². The Bertz CT molecular complexity index is 2090. The maximum atomic E-state index is 14.2. The van der Waals surface area contributed by atoms with Crippen LogP contribution in [0.4, 0.5) is 26.3 Å². The van der Waals surface area contributed by atoms with Gasteiger partial charge in [0, 0.05) is 0 Å². The SMILES string of the molecule is CCC(C)C1=Cc2c(ccc(-c3ccccc3)c2-c2cc(C(F)(F)F)cc(C(F)(F)F)c2)[CH]1[Zr]([Cl])([Cl])[c]1cccc2c1[SiH2]c1ccccc1-2. The van der Waals surface area contributed by atoms with Crippen molar-refractivity contribution in [3.8, 4) is 33.4 Å². The third kappa shape index (κ3) is 6.11.